The van der Waals surface area contributed by atoms with Crippen molar-refractivity contribution in [1.82, 2.24) is 0 Å². The average Bonchev–Trinajstić information content (AvgIpc) is 0. The average molecular weight is 333 g/mol. The Balaban J connectivity index is 0. The molecule has 0 aromatic rings. The number of rotatable bonds is 0. The van der Waals surface area contributed by atoms with Gasteiger partial charge in [-0.15, -0.1) is 0 Å². The Morgan fingerprint density at radius 3 is 0.500 bits per heavy atom. The van der Waals surface area contributed by atoms with Crippen LogP contribution in [-0.2, 0) is 53.8 Å². The van der Waals surface area contributed by atoms with Crippen LogP contribution < -0.4 is 0 Å². The summed E-state index contributed by atoms with van der Waals surface area (Å²) in [6, 6.07) is 0. The van der Waals surface area contributed by atoms with Gasteiger partial charge < -0.3 is 29.7 Å². The van der Waals surface area contributed by atoms with Crippen molar-refractivity contribution in [3.8, 4) is 0 Å². The molecule has 0 atom stereocenters. The molecule has 0 aromatic carbocycles. The molecule has 0 fully saturated rings. The summed E-state index contributed by atoms with van der Waals surface area (Å²) in [6.07, 6.45) is 0. The molecular formula is C4H12WY-. The van der Waals surface area contributed by atoms with Crippen molar-refractivity contribution in [2.45, 2.75) is 0 Å². The predicted octanol–water partition coefficient (Wildman–Crippen LogP) is 1.80. The first kappa shape index (κ1) is 112. The van der Waals surface area contributed by atoms with Gasteiger partial charge in [-0.05, 0) is 0 Å². The minimum Gasteiger partial charge on any atom is -0.358 e. The predicted molar refractivity (Wildman–Crippen MR) is 25.7 cm³/mol. The van der Waals surface area contributed by atoms with E-state index >= 15 is 0 Å². The van der Waals surface area contributed by atoms with Crippen LogP contribution in [0.25, 0.3) is 0 Å². The molecule has 0 saturated heterocycles. The molecule has 0 bridgehead atoms. The molecule has 0 amide bonds. The summed E-state index contributed by atoms with van der Waals surface area (Å²) in [5.41, 5.74) is 0. The third-order valence-electron chi connectivity index (χ3n) is 0. The number of hydrogen-bond acceptors (Lipinski definition) is 0. The van der Waals surface area contributed by atoms with Crippen LogP contribution in [0.5, 0.6) is 0 Å². The van der Waals surface area contributed by atoms with Gasteiger partial charge in [-0.1, -0.05) is 0 Å². The van der Waals surface area contributed by atoms with Crippen molar-refractivity contribution in [1.29, 1.82) is 0 Å². The molecule has 0 aliphatic carbocycles. The second-order valence-corrected chi connectivity index (χ2v) is 0. The molecule has 0 aliphatic rings. The summed E-state index contributed by atoms with van der Waals surface area (Å²) in [4.78, 5) is 0. The zero-order valence-corrected chi connectivity index (χ0v) is 10.8. The van der Waals surface area contributed by atoms with E-state index < -0.39 is 0 Å². The first-order chi connectivity index (χ1) is 0. The smallest absolute Gasteiger partial charge is 0.358 e. The zero-order chi connectivity index (χ0) is 0. The van der Waals surface area contributed by atoms with Crippen molar-refractivity contribution in [2.75, 3.05) is 0 Å². The second kappa shape index (κ2) is 70.9. The molecule has 38 valence electrons. The fraction of sp³-hybridized carbons (Fsp3) is 0. The van der Waals surface area contributed by atoms with Crippen LogP contribution in [0.3, 0.4) is 0 Å². The van der Waals surface area contributed by atoms with Gasteiger partial charge in [0.1, 0.15) is 0 Å². The number of hydrogen-bond donors (Lipinski definition) is 0. The van der Waals surface area contributed by atoms with Crippen LogP contribution in [0.15, 0.2) is 0 Å². The molecule has 0 nitrogen and oxygen atoms in total. The molecular weight excluding hydrogens is 321 g/mol. The normalized spacial score (nSPS) is 0. The fourth-order valence-corrected chi connectivity index (χ4v) is 0. The maximum absolute atomic E-state index is 0. The van der Waals surface area contributed by atoms with Gasteiger partial charge in [0, 0.05) is 21.1 Å². The van der Waals surface area contributed by atoms with E-state index in [-0.39, 0.29) is 83.5 Å². The largest absolute Gasteiger partial charge is 3.00 e. The van der Waals surface area contributed by atoms with Gasteiger partial charge in [-0.25, -0.2) is 0 Å². The molecule has 0 heterocycles. The van der Waals surface area contributed by atoms with Crippen molar-refractivity contribution >= 4 is 0 Å². The minimum absolute atomic E-state index is 0. The Labute approximate surface area is 82.6 Å². The summed E-state index contributed by atoms with van der Waals surface area (Å²) >= 11 is 0. The molecule has 0 N–H and O–H groups in total. The summed E-state index contributed by atoms with van der Waals surface area (Å²) in [7, 11) is 0. The Morgan fingerprint density at radius 2 is 0.500 bits per heavy atom. The maximum atomic E-state index is 0. The molecule has 0 saturated carbocycles. The minimum atomic E-state index is 0. The van der Waals surface area contributed by atoms with E-state index in [9.17, 15) is 0 Å². The fourth-order valence-electron chi connectivity index (χ4n) is 0. The van der Waals surface area contributed by atoms with Crippen LogP contribution >= 0.6 is 0 Å². The Hall–Kier alpha value is 1.79. The van der Waals surface area contributed by atoms with E-state index in [4.69, 9.17) is 0 Å². The van der Waals surface area contributed by atoms with Crippen LogP contribution in [-0.4, -0.2) is 0 Å². The third-order valence-corrected chi connectivity index (χ3v) is 0. The standard InChI is InChI=1S/4CH3.W.Y/h4*1H3;;/q4*-1;;+3. The molecule has 2 heteroatoms. The SMILES string of the molecule is [CH3-].[CH3-].[CH3-].[CH3-].[W].[Y+3]. The van der Waals surface area contributed by atoms with E-state index in [2.05, 4.69) is 0 Å². The Morgan fingerprint density at radius 1 is 0.500 bits per heavy atom. The topological polar surface area (TPSA) is 0 Å². The zero-order valence-electron chi connectivity index (χ0n) is 4.99. The molecule has 6 heavy (non-hydrogen) atoms. The van der Waals surface area contributed by atoms with E-state index in [1.807, 2.05) is 0 Å². The van der Waals surface area contributed by atoms with E-state index in [0.717, 1.165) is 0 Å². The summed E-state index contributed by atoms with van der Waals surface area (Å²) in [6.45, 7) is 0. The van der Waals surface area contributed by atoms with Gasteiger partial charge in [0.15, 0.2) is 0 Å². The van der Waals surface area contributed by atoms with Gasteiger partial charge in [0.2, 0.25) is 0 Å². The molecule has 0 unspecified atom stereocenters. The monoisotopic (exact) mass is 333 g/mol. The molecule has 0 spiro atoms. The quantitative estimate of drug-likeness (QED) is 0.593. The maximum Gasteiger partial charge on any atom is 3.00 e. The van der Waals surface area contributed by atoms with Crippen LogP contribution in [0.2, 0.25) is 0 Å². The van der Waals surface area contributed by atoms with Crippen molar-refractivity contribution in [3.05, 3.63) is 29.7 Å². The van der Waals surface area contributed by atoms with Crippen molar-refractivity contribution in [3.63, 3.8) is 0 Å². The molecule has 0 radical (unpaired) electrons. The molecule has 0 aromatic heterocycles. The van der Waals surface area contributed by atoms with E-state index in [1.165, 1.54) is 0 Å². The van der Waals surface area contributed by atoms with Gasteiger partial charge in [-0.2, -0.15) is 0 Å². The third kappa shape index (κ3) is 41.4. The van der Waals surface area contributed by atoms with Crippen LogP contribution in [0, 0.1) is 29.7 Å². The van der Waals surface area contributed by atoms with Gasteiger partial charge in [-0.3, -0.25) is 0 Å². The van der Waals surface area contributed by atoms with Gasteiger partial charge >= 0.3 is 32.7 Å². The van der Waals surface area contributed by atoms with E-state index in [0.29, 0.717) is 0 Å². The molecule has 0 aliphatic heterocycles. The first-order valence-corrected chi connectivity index (χ1v) is 0. The van der Waals surface area contributed by atoms with Crippen molar-refractivity contribution < 1.29 is 53.8 Å². The van der Waals surface area contributed by atoms with Crippen LogP contribution in [0.1, 0.15) is 0 Å². The summed E-state index contributed by atoms with van der Waals surface area (Å²) in [5.74, 6) is 0. The summed E-state index contributed by atoms with van der Waals surface area (Å²) < 4.78 is 0. The first-order valence-electron chi connectivity index (χ1n) is 0. The van der Waals surface area contributed by atoms with Crippen LogP contribution in [0.4, 0.5) is 0 Å². The van der Waals surface area contributed by atoms with Gasteiger partial charge in [0.25, 0.3) is 0 Å². The van der Waals surface area contributed by atoms with Crippen molar-refractivity contribution in [2.24, 2.45) is 0 Å². The van der Waals surface area contributed by atoms with E-state index in [1.54, 1.807) is 0 Å². The molecule has 0 rings (SSSR count). The van der Waals surface area contributed by atoms with Gasteiger partial charge in [0.05, 0.1) is 0 Å². The Bertz CT molecular complexity index is 7.51. The Kier molecular flexibility index (Phi) is 1320. The summed E-state index contributed by atoms with van der Waals surface area (Å²) in [5, 5.41) is 0. The second-order valence-electron chi connectivity index (χ2n) is 0.